The molecule has 0 spiro atoms. The van der Waals surface area contributed by atoms with Crippen molar-refractivity contribution in [1.29, 1.82) is 0 Å². The van der Waals surface area contributed by atoms with E-state index in [0.29, 0.717) is 16.6 Å². The van der Waals surface area contributed by atoms with Crippen molar-refractivity contribution in [2.24, 2.45) is 16.1 Å². The zero-order valence-corrected chi connectivity index (χ0v) is 33.0. The number of rotatable bonds is 29. The molecule has 0 saturated heterocycles. The van der Waals surface area contributed by atoms with Crippen LogP contribution in [0.1, 0.15) is 181 Å². The normalized spacial score (nSPS) is 13.1. The number of hydrogen-bond acceptors (Lipinski definition) is 8. The van der Waals surface area contributed by atoms with Crippen LogP contribution in [0.3, 0.4) is 0 Å². The van der Waals surface area contributed by atoms with E-state index in [9.17, 15) is 0 Å². The van der Waals surface area contributed by atoms with Crippen molar-refractivity contribution < 1.29 is 0 Å². The first-order valence-electron chi connectivity index (χ1n) is 19.9. The molecule has 3 rings (SSSR count). The van der Waals surface area contributed by atoms with Gasteiger partial charge in [0.1, 0.15) is 0 Å². The zero-order chi connectivity index (χ0) is 34.9. The SMILES string of the molecule is CCCCCCCCCCCCC(CCCCCCCCCC)CSc1nsc(/N=N/c2c([C@H](C)CCC)nn(-c3ccccc3)c2N)n1. The fourth-order valence-corrected chi connectivity index (χ4v) is 8.25. The van der Waals surface area contributed by atoms with Gasteiger partial charge in [-0.05, 0) is 37.3 Å². The summed E-state index contributed by atoms with van der Waals surface area (Å²) in [7, 11) is 0. The van der Waals surface area contributed by atoms with Gasteiger partial charge in [0.15, 0.2) is 11.5 Å². The molecule has 2 atom stereocenters. The van der Waals surface area contributed by atoms with E-state index in [1.807, 2.05) is 30.3 Å². The van der Waals surface area contributed by atoms with Crippen LogP contribution in [0.25, 0.3) is 5.69 Å². The third kappa shape index (κ3) is 16.1. The Morgan fingerprint density at radius 3 is 1.82 bits per heavy atom. The lowest BCUT2D eigenvalue weighted by molar-refractivity contribution is 0.435. The molecule has 0 fully saturated rings. The summed E-state index contributed by atoms with van der Waals surface area (Å²) < 4.78 is 6.43. The number of anilines is 1. The molecule has 7 nitrogen and oxygen atoms in total. The predicted octanol–water partition coefficient (Wildman–Crippen LogP) is 14.2. The highest BCUT2D eigenvalue weighted by Crippen LogP contribution is 2.37. The van der Waals surface area contributed by atoms with Crippen LogP contribution >= 0.6 is 23.3 Å². The second-order valence-corrected chi connectivity index (χ2v) is 15.7. The van der Waals surface area contributed by atoms with Crippen LogP contribution in [0, 0.1) is 5.92 Å². The van der Waals surface area contributed by atoms with E-state index < -0.39 is 0 Å². The minimum absolute atomic E-state index is 0.222. The number of nitrogens with zero attached hydrogens (tertiary/aromatic N) is 6. The van der Waals surface area contributed by atoms with Gasteiger partial charge in [-0.3, -0.25) is 0 Å². The number of nitrogens with two attached hydrogens (primary N) is 1. The third-order valence-electron chi connectivity index (χ3n) is 9.62. The number of thioether (sulfide) groups is 1. The molecule has 9 heteroatoms. The van der Waals surface area contributed by atoms with Crippen LogP contribution in [0.15, 0.2) is 45.7 Å². The maximum atomic E-state index is 6.61. The molecule has 2 heterocycles. The number of benzene rings is 1. The van der Waals surface area contributed by atoms with Crippen LogP contribution in [0.2, 0.25) is 0 Å². The molecule has 3 aromatic rings. The highest BCUT2D eigenvalue weighted by Gasteiger charge is 2.21. The average Bonchev–Trinajstić information content (AvgIpc) is 3.71. The molecule has 0 amide bonds. The Balaban J connectivity index is 1.54. The zero-order valence-electron chi connectivity index (χ0n) is 31.4. The molecular weight excluding hydrogens is 643 g/mol. The van der Waals surface area contributed by atoms with Gasteiger partial charge in [0.2, 0.25) is 10.3 Å². The van der Waals surface area contributed by atoms with E-state index in [1.54, 1.807) is 16.4 Å². The van der Waals surface area contributed by atoms with Gasteiger partial charge in [0.05, 0.1) is 11.4 Å². The van der Waals surface area contributed by atoms with Crippen LogP contribution < -0.4 is 5.73 Å². The van der Waals surface area contributed by atoms with E-state index in [4.69, 9.17) is 15.8 Å². The fourth-order valence-electron chi connectivity index (χ4n) is 6.60. The molecule has 1 unspecified atom stereocenters. The van der Waals surface area contributed by atoms with Gasteiger partial charge in [0, 0.05) is 23.2 Å². The Morgan fingerprint density at radius 1 is 0.714 bits per heavy atom. The quantitative estimate of drug-likeness (QED) is 0.0440. The Hall–Kier alpha value is -2.26. The highest BCUT2D eigenvalue weighted by atomic mass is 32.2. The number of unbranched alkanes of at least 4 members (excludes halogenated alkanes) is 16. The summed E-state index contributed by atoms with van der Waals surface area (Å²) in [4.78, 5) is 4.75. The molecule has 0 aliphatic heterocycles. The smallest absolute Gasteiger partial charge is 0.250 e. The van der Waals surface area contributed by atoms with Crippen LogP contribution in [-0.4, -0.2) is 24.9 Å². The number of para-hydroxylation sites is 1. The lowest BCUT2D eigenvalue weighted by Gasteiger charge is -2.16. The Labute approximate surface area is 307 Å². The lowest BCUT2D eigenvalue weighted by Crippen LogP contribution is -2.05. The van der Waals surface area contributed by atoms with Crippen molar-refractivity contribution in [3.05, 3.63) is 36.0 Å². The molecule has 0 bridgehead atoms. The monoisotopic (exact) mass is 709 g/mol. The first-order chi connectivity index (χ1) is 24.1. The predicted molar refractivity (Wildman–Crippen MR) is 213 cm³/mol. The van der Waals surface area contributed by atoms with Gasteiger partial charge in [-0.25, -0.2) is 4.68 Å². The molecule has 1 aromatic carbocycles. The summed E-state index contributed by atoms with van der Waals surface area (Å²) in [5, 5.41) is 15.4. The first kappa shape index (κ1) is 41.2. The molecule has 0 aliphatic carbocycles. The van der Waals surface area contributed by atoms with Gasteiger partial charge in [-0.2, -0.15) is 14.5 Å². The molecule has 0 radical (unpaired) electrons. The maximum Gasteiger partial charge on any atom is 0.250 e. The molecule has 274 valence electrons. The summed E-state index contributed by atoms with van der Waals surface area (Å²) in [5.74, 6) is 2.53. The van der Waals surface area contributed by atoms with Crippen molar-refractivity contribution >= 4 is 39.9 Å². The standard InChI is InChI=1S/C40H67N7S2/c1-5-8-10-12-14-16-17-19-21-24-29-34(28-23-20-18-15-13-11-9-6-2)32-48-40-42-39(49-46-40)44-43-37-36(33(4)27-7-3)45-47(38(37)41)35-30-25-22-26-31-35/h22,25-26,30-31,33-34H,5-21,23-24,27-29,32,41H2,1-4H3/b44-43+/t33-,34?/m1/s1. The molecule has 2 aromatic heterocycles. The number of aromatic nitrogens is 4. The largest absolute Gasteiger partial charge is 0.382 e. The van der Waals surface area contributed by atoms with E-state index in [2.05, 4.69) is 42.3 Å². The topological polar surface area (TPSA) is 94.3 Å². The summed E-state index contributed by atoms with van der Waals surface area (Å²) in [5.41, 5.74) is 9.04. The molecule has 49 heavy (non-hydrogen) atoms. The van der Waals surface area contributed by atoms with E-state index in [1.165, 1.54) is 140 Å². The van der Waals surface area contributed by atoms with E-state index in [0.717, 1.165) is 41.1 Å². The molecule has 0 saturated carbocycles. The third-order valence-corrected chi connectivity index (χ3v) is 11.4. The second-order valence-electron chi connectivity index (χ2n) is 14.0. The summed E-state index contributed by atoms with van der Waals surface area (Å²) in [6, 6.07) is 9.98. The van der Waals surface area contributed by atoms with Crippen LogP contribution in [0.4, 0.5) is 16.6 Å². The van der Waals surface area contributed by atoms with Gasteiger partial charge >= 0.3 is 0 Å². The molecular formula is C40H67N7S2. The van der Waals surface area contributed by atoms with Gasteiger partial charge in [-0.1, -0.05) is 180 Å². The summed E-state index contributed by atoms with van der Waals surface area (Å²) in [6.07, 6.45) is 29.6. The van der Waals surface area contributed by atoms with Gasteiger partial charge in [-0.15, -0.1) is 10.2 Å². The van der Waals surface area contributed by atoms with Crippen LogP contribution in [-0.2, 0) is 0 Å². The Kier molecular flexibility index (Phi) is 21.6. The van der Waals surface area contributed by atoms with Crippen molar-refractivity contribution in [3.8, 4) is 5.69 Å². The summed E-state index contributed by atoms with van der Waals surface area (Å²) in [6.45, 7) is 8.96. The number of nitrogen functional groups attached to an aromatic ring is 1. The lowest BCUT2D eigenvalue weighted by atomic mass is 9.95. The number of azo groups is 1. The van der Waals surface area contributed by atoms with Crippen molar-refractivity contribution in [2.75, 3.05) is 11.5 Å². The summed E-state index contributed by atoms with van der Waals surface area (Å²) >= 11 is 3.11. The van der Waals surface area contributed by atoms with Crippen LogP contribution in [0.5, 0.6) is 0 Å². The van der Waals surface area contributed by atoms with Crippen molar-refractivity contribution in [2.45, 2.75) is 180 Å². The van der Waals surface area contributed by atoms with Crippen molar-refractivity contribution in [1.82, 2.24) is 19.1 Å². The first-order valence-corrected chi connectivity index (χ1v) is 21.6. The van der Waals surface area contributed by atoms with E-state index >= 15 is 0 Å². The molecule has 0 aliphatic rings. The Morgan fingerprint density at radius 2 is 1.27 bits per heavy atom. The fraction of sp³-hybridized carbons (Fsp3) is 0.725. The second kappa shape index (κ2) is 25.7. The average molecular weight is 710 g/mol. The van der Waals surface area contributed by atoms with E-state index in [-0.39, 0.29) is 5.92 Å². The minimum Gasteiger partial charge on any atom is -0.382 e. The Bertz CT molecular complexity index is 1270. The van der Waals surface area contributed by atoms with Gasteiger partial charge in [0.25, 0.3) is 0 Å². The molecule has 2 N–H and O–H groups in total. The minimum atomic E-state index is 0.222. The maximum absolute atomic E-state index is 6.61. The highest BCUT2D eigenvalue weighted by molar-refractivity contribution is 7.99. The number of hydrogen-bond donors (Lipinski definition) is 1. The van der Waals surface area contributed by atoms with Gasteiger partial charge < -0.3 is 5.73 Å². The van der Waals surface area contributed by atoms with Crippen molar-refractivity contribution in [3.63, 3.8) is 0 Å².